The number of esters is 1. The van der Waals surface area contributed by atoms with Crippen LogP contribution in [0.5, 0.6) is 5.75 Å². The quantitative estimate of drug-likeness (QED) is 0.330. The molecular formula is C15H19ClO3. The van der Waals surface area contributed by atoms with Crippen molar-refractivity contribution in [2.45, 2.75) is 33.1 Å². The number of halogens is 1. The normalized spacial score (nSPS) is 11.9. The lowest BCUT2D eigenvalue weighted by atomic mass is 10.1. The van der Waals surface area contributed by atoms with Gasteiger partial charge in [-0.05, 0) is 37.1 Å². The molecule has 0 aliphatic carbocycles. The van der Waals surface area contributed by atoms with Gasteiger partial charge in [-0.15, -0.1) is 11.6 Å². The minimum absolute atomic E-state index is 0.0560. The highest BCUT2D eigenvalue weighted by atomic mass is 35.5. The van der Waals surface area contributed by atoms with Crippen LogP contribution in [0.3, 0.4) is 0 Å². The zero-order valence-corrected chi connectivity index (χ0v) is 12.1. The molecule has 4 heteroatoms. The molecule has 19 heavy (non-hydrogen) atoms. The predicted molar refractivity (Wildman–Crippen MR) is 75.8 cm³/mol. The van der Waals surface area contributed by atoms with Crippen LogP contribution < -0.4 is 4.74 Å². The second-order valence-electron chi connectivity index (χ2n) is 4.47. The van der Waals surface area contributed by atoms with Gasteiger partial charge in [0, 0.05) is 17.9 Å². The van der Waals surface area contributed by atoms with Crippen LogP contribution in [0.4, 0.5) is 0 Å². The molecule has 0 radical (unpaired) electrons. The van der Waals surface area contributed by atoms with Crippen LogP contribution in [-0.2, 0) is 4.79 Å². The Kier molecular flexibility index (Phi) is 6.57. The molecule has 1 aromatic rings. The molecule has 0 aliphatic heterocycles. The third-order valence-electron chi connectivity index (χ3n) is 2.95. The lowest BCUT2D eigenvalue weighted by molar-refractivity contribution is -0.138. The number of carbonyl (C=O) groups is 2. The van der Waals surface area contributed by atoms with Gasteiger partial charge < -0.3 is 4.74 Å². The van der Waals surface area contributed by atoms with Crippen LogP contribution >= 0.6 is 11.6 Å². The highest BCUT2D eigenvalue weighted by Gasteiger charge is 2.13. The monoisotopic (exact) mass is 282 g/mol. The molecule has 0 saturated heterocycles. The van der Waals surface area contributed by atoms with Crippen molar-refractivity contribution in [1.29, 1.82) is 0 Å². The Morgan fingerprint density at radius 2 is 1.89 bits per heavy atom. The maximum Gasteiger partial charge on any atom is 0.314 e. The number of benzene rings is 1. The number of hydrogen-bond donors (Lipinski definition) is 0. The molecule has 0 heterocycles. The largest absolute Gasteiger partial charge is 0.426 e. The fourth-order valence-electron chi connectivity index (χ4n) is 1.46. The maximum atomic E-state index is 11.7. The van der Waals surface area contributed by atoms with E-state index in [0.29, 0.717) is 30.0 Å². The summed E-state index contributed by atoms with van der Waals surface area (Å²) in [6.45, 7) is 3.76. The Labute approximate surface area is 118 Å². The fourth-order valence-corrected chi connectivity index (χ4v) is 1.60. The van der Waals surface area contributed by atoms with Crippen molar-refractivity contribution in [3.8, 4) is 5.75 Å². The Balaban J connectivity index is 2.61. The van der Waals surface area contributed by atoms with Gasteiger partial charge in [-0.25, -0.2) is 0 Å². The van der Waals surface area contributed by atoms with Crippen molar-refractivity contribution in [2.24, 2.45) is 5.92 Å². The lowest BCUT2D eigenvalue weighted by Crippen LogP contribution is -2.16. The average Bonchev–Trinajstić information content (AvgIpc) is 2.44. The Morgan fingerprint density at radius 3 is 2.42 bits per heavy atom. The van der Waals surface area contributed by atoms with E-state index < -0.39 is 0 Å². The number of carbonyl (C=O) groups excluding carboxylic acids is 2. The van der Waals surface area contributed by atoms with Gasteiger partial charge in [0.05, 0.1) is 5.92 Å². The van der Waals surface area contributed by atoms with Gasteiger partial charge in [0.25, 0.3) is 0 Å². The van der Waals surface area contributed by atoms with Crippen LogP contribution in [-0.4, -0.2) is 17.6 Å². The summed E-state index contributed by atoms with van der Waals surface area (Å²) >= 11 is 5.55. The third-order valence-corrected chi connectivity index (χ3v) is 3.21. The molecule has 0 spiro atoms. The molecule has 0 N–H and O–H groups in total. The molecule has 1 rings (SSSR count). The van der Waals surface area contributed by atoms with Gasteiger partial charge >= 0.3 is 5.97 Å². The van der Waals surface area contributed by atoms with Crippen molar-refractivity contribution < 1.29 is 14.3 Å². The fraction of sp³-hybridized carbons (Fsp3) is 0.467. The number of rotatable bonds is 7. The van der Waals surface area contributed by atoms with E-state index in [1.54, 1.807) is 24.3 Å². The second kappa shape index (κ2) is 7.95. The van der Waals surface area contributed by atoms with E-state index in [2.05, 4.69) is 0 Å². The van der Waals surface area contributed by atoms with Gasteiger partial charge in [-0.3, -0.25) is 9.59 Å². The summed E-state index contributed by atoms with van der Waals surface area (Å²) in [6, 6.07) is 6.65. The van der Waals surface area contributed by atoms with Gasteiger partial charge in [0.2, 0.25) is 0 Å². The van der Waals surface area contributed by atoms with E-state index >= 15 is 0 Å². The number of ketones is 1. The minimum atomic E-state index is -0.247. The third kappa shape index (κ3) is 5.03. The molecule has 0 aromatic heterocycles. The number of alkyl halides is 1. The topological polar surface area (TPSA) is 43.4 Å². The van der Waals surface area contributed by atoms with Crippen molar-refractivity contribution >= 4 is 23.4 Å². The Hall–Kier alpha value is -1.35. The van der Waals surface area contributed by atoms with Crippen molar-refractivity contribution in [1.82, 2.24) is 0 Å². The number of hydrogen-bond acceptors (Lipinski definition) is 3. The summed E-state index contributed by atoms with van der Waals surface area (Å²) < 4.78 is 5.21. The van der Waals surface area contributed by atoms with E-state index in [1.807, 2.05) is 13.8 Å². The minimum Gasteiger partial charge on any atom is -0.426 e. The molecule has 1 atom stereocenters. The Bertz CT molecular complexity index is 426. The molecule has 0 amide bonds. The SMILES string of the molecule is CCC(C)C(=O)Oc1ccc(C(=O)CCCCl)cc1. The molecular weight excluding hydrogens is 264 g/mol. The Morgan fingerprint density at radius 1 is 1.26 bits per heavy atom. The number of ether oxygens (including phenoxy) is 1. The van der Waals surface area contributed by atoms with Crippen LogP contribution in [0.15, 0.2) is 24.3 Å². The molecule has 1 unspecified atom stereocenters. The summed E-state index contributed by atoms with van der Waals surface area (Å²) in [6.07, 6.45) is 1.86. The maximum absolute atomic E-state index is 11.7. The van der Waals surface area contributed by atoms with Crippen molar-refractivity contribution in [3.05, 3.63) is 29.8 Å². The van der Waals surface area contributed by atoms with Crippen LogP contribution in [0.1, 0.15) is 43.5 Å². The summed E-state index contributed by atoms with van der Waals surface area (Å²) in [5.74, 6) is 0.643. The molecule has 104 valence electrons. The zero-order chi connectivity index (χ0) is 14.3. The highest BCUT2D eigenvalue weighted by molar-refractivity contribution is 6.18. The van der Waals surface area contributed by atoms with Crippen LogP contribution in [0.2, 0.25) is 0 Å². The number of Topliss-reactive ketones (excluding diaryl/α,β-unsaturated/α-hetero) is 1. The molecule has 0 saturated carbocycles. The van der Waals surface area contributed by atoms with E-state index in [1.165, 1.54) is 0 Å². The van der Waals surface area contributed by atoms with Gasteiger partial charge in [0.15, 0.2) is 5.78 Å². The summed E-state index contributed by atoms with van der Waals surface area (Å²) in [5.41, 5.74) is 0.619. The van der Waals surface area contributed by atoms with Gasteiger partial charge in [0.1, 0.15) is 5.75 Å². The van der Waals surface area contributed by atoms with Crippen molar-refractivity contribution in [3.63, 3.8) is 0 Å². The van der Waals surface area contributed by atoms with E-state index in [0.717, 1.165) is 6.42 Å². The first-order valence-electron chi connectivity index (χ1n) is 6.49. The van der Waals surface area contributed by atoms with Gasteiger partial charge in [-0.1, -0.05) is 13.8 Å². The summed E-state index contributed by atoms with van der Waals surface area (Å²) in [5, 5.41) is 0. The standard InChI is InChI=1S/C15H19ClO3/c1-3-11(2)15(18)19-13-8-6-12(7-9-13)14(17)5-4-10-16/h6-9,11H,3-5,10H2,1-2H3. The predicted octanol–water partition coefficient (Wildman–Crippen LogP) is 3.84. The summed E-state index contributed by atoms with van der Waals surface area (Å²) in [7, 11) is 0. The van der Waals surface area contributed by atoms with Crippen molar-refractivity contribution in [2.75, 3.05) is 5.88 Å². The first kappa shape index (κ1) is 15.7. The molecule has 0 aliphatic rings. The zero-order valence-electron chi connectivity index (χ0n) is 11.3. The molecule has 0 bridgehead atoms. The van der Waals surface area contributed by atoms with E-state index in [-0.39, 0.29) is 17.7 Å². The molecule has 3 nitrogen and oxygen atoms in total. The van der Waals surface area contributed by atoms with E-state index in [9.17, 15) is 9.59 Å². The smallest absolute Gasteiger partial charge is 0.314 e. The first-order chi connectivity index (χ1) is 9.08. The first-order valence-corrected chi connectivity index (χ1v) is 7.02. The molecule has 1 aromatic carbocycles. The van der Waals surface area contributed by atoms with Crippen LogP contribution in [0.25, 0.3) is 0 Å². The molecule has 0 fully saturated rings. The van der Waals surface area contributed by atoms with Gasteiger partial charge in [-0.2, -0.15) is 0 Å². The van der Waals surface area contributed by atoms with E-state index in [4.69, 9.17) is 16.3 Å². The lowest BCUT2D eigenvalue weighted by Gasteiger charge is -2.09. The summed E-state index contributed by atoms with van der Waals surface area (Å²) in [4.78, 5) is 23.3. The average molecular weight is 283 g/mol. The second-order valence-corrected chi connectivity index (χ2v) is 4.85. The highest BCUT2D eigenvalue weighted by Crippen LogP contribution is 2.16. The van der Waals surface area contributed by atoms with Crippen LogP contribution in [0, 0.1) is 5.92 Å².